The highest BCUT2D eigenvalue weighted by Crippen LogP contribution is 2.44. The monoisotopic (exact) mass is 391 g/mol. The summed E-state index contributed by atoms with van der Waals surface area (Å²) in [5.74, 6) is -0.812. The smallest absolute Gasteiger partial charge is 0.317 e. The fourth-order valence-electron chi connectivity index (χ4n) is 3.12. The lowest BCUT2D eigenvalue weighted by molar-refractivity contribution is -0.156. The lowest BCUT2D eigenvalue weighted by Crippen LogP contribution is -2.44. The number of hydrogen-bond acceptors (Lipinski definition) is 4. The average molecular weight is 392 g/mol. The first-order valence-electron chi connectivity index (χ1n) is 8.51. The van der Waals surface area contributed by atoms with Gasteiger partial charge in [-0.3, -0.25) is 9.59 Å². The maximum absolute atomic E-state index is 13.1. The normalized spacial score (nSPS) is 14.8. The molecule has 0 heterocycles. The van der Waals surface area contributed by atoms with E-state index >= 15 is 0 Å². The molecule has 1 fully saturated rings. The zero-order valence-corrected chi connectivity index (χ0v) is 15.5. The minimum absolute atomic E-state index is 0.358. The predicted octanol–water partition coefficient (Wildman–Crippen LogP) is 4.09. The van der Waals surface area contributed by atoms with Crippen LogP contribution in [0.3, 0.4) is 0 Å². The van der Waals surface area contributed by atoms with Crippen molar-refractivity contribution in [2.75, 3.05) is 19.0 Å². The Hall–Kier alpha value is -2.60. The van der Waals surface area contributed by atoms with Gasteiger partial charge in [0.15, 0.2) is 6.61 Å². The summed E-state index contributed by atoms with van der Waals surface area (Å²) in [6, 6.07) is 10.6. The molecule has 0 atom stereocenters. The van der Waals surface area contributed by atoms with E-state index in [-0.39, 0.29) is 5.82 Å². The van der Waals surface area contributed by atoms with Gasteiger partial charge in [0.2, 0.25) is 0 Å². The molecule has 27 heavy (non-hydrogen) atoms. The summed E-state index contributed by atoms with van der Waals surface area (Å²) in [6.45, 7) is -0.411. The quantitative estimate of drug-likeness (QED) is 0.753. The van der Waals surface area contributed by atoms with E-state index in [2.05, 4.69) is 5.32 Å². The van der Waals surface area contributed by atoms with Crippen LogP contribution < -0.4 is 10.1 Å². The summed E-state index contributed by atoms with van der Waals surface area (Å²) in [6.07, 6.45) is 2.11. The van der Waals surface area contributed by atoms with Gasteiger partial charge in [-0.2, -0.15) is 0 Å². The molecule has 0 radical (unpaired) electrons. The topological polar surface area (TPSA) is 64.6 Å². The van der Waals surface area contributed by atoms with E-state index in [0.717, 1.165) is 6.42 Å². The van der Waals surface area contributed by atoms with Crippen molar-refractivity contribution >= 4 is 29.2 Å². The highest BCUT2D eigenvalue weighted by molar-refractivity contribution is 6.32. The van der Waals surface area contributed by atoms with Gasteiger partial charge in [-0.25, -0.2) is 4.39 Å². The van der Waals surface area contributed by atoms with Gasteiger partial charge in [0.05, 0.1) is 17.5 Å². The van der Waals surface area contributed by atoms with Crippen LogP contribution in [-0.2, 0) is 19.7 Å². The number of nitrogens with one attached hydrogen (secondary N) is 1. The third-order valence-corrected chi connectivity index (χ3v) is 5.06. The largest absolute Gasteiger partial charge is 0.495 e. The molecule has 7 heteroatoms. The van der Waals surface area contributed by atoms with Crippen LogP contribution in [0.2, 0.25) is 5.02 Å². The van der Waals surface area contributed by atoms with Crippen LogP contribution in [0, 0.1) is 5.82 Å². The molecule has 1 aliphatic rings. The number of carbonyl (C=O) groups excluding carboxylic acids is 2. The molecule has 0 aliphatic heterocycles. The number of rotatable bonds is 6. The third-order valence-electron chi connectivity index (χ3n) is 4.76. The highest BCUT2D eigenvalue weighted by atomic mass is 35.5. The first-order valence-corrected chi connectivity index (χ1v) is 8.89. The molecule has 5 nitrogen and oxygen atoms in total. The first-order chi connectivity index (χ1) is 12.9. The summed E-state index contributed by atoms with van der Waals surface area (Å²) in [7, 11) is 1.50. The Bertz CT molecular complexity index is 850. The lowest BCUT2D eigenvalue weighted by Gasteiger charge is -2.39. The Balaban J connectivity index is 1.60. The van der Waals surface area contributed by atoms with Crippen molar-refractivity contribution in [3.63, 3.8) is 0 Å². The second-order valence-electron chi connectivity index (χ2n) is 6.42. The summed E-state index contributed by atoms with van der Waals surface area (Å²) < 4.78 is 23.4. The molecule has 1 N–H and O–H groups in total. The molecule has 1 amide bonds. The maximum atomic E-state index is 13.1. The zero-order valence-electron chi connectivity index (χ0n) is 14.8. The molecule has 2 aromatic rings. The zero-order chi connectivity index (χ0) is 19.4. The van der Waals surface area contributed by atoms with Gasteiger partial charge in [-0.15, -0.1) is 0 Å². The molecular formula is C20H19ClFNO4. The van der Waals surface area contributed by atoms with Crippen molar-refractivity contribution in [2.24, 2.45) is 0 Å². The number of esters is 1. The summed E-state index contributed by atoms with van der Waals surface area (Å²) in [4.78, 5) is 24.7. The van der Waals surface area contributed by atoms with E-state index in [1.165, 1.54) is 19.2 Å². The number of amides is 1. The van der Waals surface area contributed by atoms with Crippen molar-refractivity contribution in [3.8, 4) is 5.75 Å². The minimum atomic E-state index is -0.794. The Labute approximate surface area is 161 Å². The number of hydrogen-bond donors (Lipinski definition) is 1. The number of carbonyl (C=O) groups is 2. The number of halogens is 2. The number of benzene rings is 2. The van der Waals surface area contributed by atoms with E-state index < -0.39 is 23.9 Å². The standard InChI is InChI=1S/C20H19ClFNO4/c1-26-17-8-7-15(11-16(17)21)23-18(24)12-27-19(25)20(9-2-10-20)13-3-5-14(22)6-4-13/h3-8,11H,2,9-10,12H2,1H3,(H,23,24). The fourth-order valence-corrected chi connectivity index (χ4v) is 3.38. The Kier molecular flexibility index (Phi) is 5.65. The van der Waals surface area contributed by atoms with E-state index in [4.69, 9.17) is 21.1 Å². The third kappa shape index (κ3) is 4.06. The van der Waals surface area contributed by atoms with Gasteiger partial charge in [0.1, 0.15) is 11.6 Å². The molecule has 0 aromatic heterocycles. The molecule has 142 valence electrons. The van der Waals surface area contributed by atoms with Gasteiger partial charge in [-0.1, -0.05) is 30.2 Å². The Morgan fingerprint density at radius 2 is 1.89 bits per heavy atom. The second-order valence-corrected chi connectivity index (χ2v) is 6.82. The maximum Gasteiger partial charge on any atom is 0.317 e. The molecule has 0 saturated heterocycles. The number of anilines is 1. The number of methoxy groups -OCH3 is 1. The Morgan fingerprint density at radius 3 is 2.44 bits per heavy atom. The Morgan fingerprint density at radius 1 is 1.19 bits per heavy atom. The molecule has 0 bridgehead atoms. The van der Waals surface area contributed by atoms with Gasteiger partial charge < -0.3 is 14.8 Å². The van der Waals surface area contributed by atoms with Gasteiger partial charge in [0.25, 0.3) is 5.91 Å². The lowest BCUT2D eigenvalue weighted by atomic mass is 9.64. The van der Waals surface area contributed by atoms with E-state index in [1.54, 1.807) is 30.3 Å². The van der Waals surface area contributed by atoms with Crippen molar-refractivity contribution in [1.82, 2.24) is 0 Å². The fraction of sp³-hybridized carbons (Fsp3) is 0.300. The first kappa shape index (κ1) is 19.2. The molecule has 1 aliphatic carbocycles. The van der Waals surface area contributed by atoms with Crippen LogP contribution in [0.15, 0.2) is 42.5 Å². The van der Waals surface area contributed by atoms with Gasteiger partial charge in [-0.05, 0) is 48.7 Å². The van der Waals surface area contributed by atoms with Crippen molar-refractivity contribution < 1.29 is 23.5 Å². The van der Waals surface area contributed by atoms with Crippen LogP contribution in [-0.4, -0.2) is 25.6 Å². The molecular weight excluding hydrogens is 373 g/mol. The van der Waals surface area contributed by atoms with Crippen molar-refractivity contribution in [1.29, 1.82) is 0 Å². The molecule has 2 aromatic carbocycles. The average Bonchev–Trinajstić information content (AvgIpc) is 2.61. The second kappa shape index (κ2) is 7.96. The minimum Gasteiger partial charge on any atom is -0.495 e. The van der Waals surface area contributed by atoms with Crippen LogP contribution in [0.5, 0.6) is 5.75 Å². The van der Waals surface area contributed by atoms with E-state index in [1.807, 2.05) is 0 Å². The molecule has 1 saturated carbocycles. The molecule has 0 spiro atoms. The summed E-state index contributed by atoms with van der Waals surface area (Å²) in [5, 5.41) is 2.98. The van der Waals surface area contributed by atoms with Gasteiger partial charge >= 0.3 is 5.97 Å². The number of ether oxygens (including phenoxy) is 2. The van der Waals surface area contributed by atoms with Crippen LogP contribution in [0.1, 0.15) is 24.8 Å². The van der Waals surface area contributed by atoms with E-state index in [9.17, 15) is 14.0 Å². The van der Waals surface area contributed by atoms with Crippen LogP contribution >= 0.6 is 11.6 Å². The molecule has 3 rings (SSSR count). The van der Waals surface area contributed by atoms with Crippen LogP contribution in [0.4, 0.5) is 10.1 Å². The predicted molar refractivity (Wildman–Crippen MR) is 99.5 cm³/mol. The SMILES string of the molecule is COc1ccc(NC(=O)COC(=O)C2(c3ccc(F)cc3)CCC2)cc1Cl. The van der Waals surface area contributed by atoms with Crippen molar-refractivity contribution in [3.05, 3.63) is 58.9 Å². The van der Waals surface area contributed by atoms with Crippen molar-refractivity contribution in [2.45, 2.75) is 24.7 Å². The van der Waals surface area contributed by atoms with Gasteiger partial charge in [0, 0.05) is 5.69 Å². The molecule has 0 unspecified atom stereocenters. The summed E-state index contributed by atoms with van der Waals surface area (Å²) in [5.41, 5.74) is 0.387. The highest BCUT2D eigenvalue weighted by Gasteiger charge is 2.47. The van der Waals surface area contributed by atoms with Crippen LogP contribution in [0.25, 0.3) is 0 Å². The van der Waals surface area contributed by atoms with E-state index in [0.29, 0.717) is 34.9 Å². The summed E-state index contributed by atoms with van der Waals surface area (Å²) >= 11 is 6.02.